The highest BCUT2D eigenvalue weighted by Gasteiger charge is 2.28. The molecule has 1 aromatic heterocycles. The van der Waals surface area contributed by atoms with E-state index in [1.807, 2.05) is 36.4 Å². The van der Waals surface area contributed by atoms with E-state index in [0.717, 1.165) is 42.9 Å². The Morgan fingerprint density at radius 3 is 2.83 bits per heavy atom. The van der Waals surface area contributed by atoms with Crippen molar-refractivity contribution in [2.75, 3.05) is 20.2 Å². The molecule has 0 radical (unpaired) electrons. The van der Waals surface area contributed by atoms with Crippen LogP contribution in [0.5, 0.6) is 0 Å². The minimum atomic E-state index is 0. The van der Waals surface area contributed by atoms with Gasteiger partial charge in [-0.1, -0.05) is 35.5 Å². The molecule has 1 saturated heterocycles. The van der Waals surface area contributed by atoms with E-state index in [0.29, 0.717) is 18.7 Å². The summed E-state index contributed by atoms with van der Waals surface area (Å²) >= 11 is 0. The number of piperidine rings is 1. The van der Waals surface area contributed by atoms with Crippen molar-refractivity contribution < 1.29 is 9.26 Å². The van der Waals surface area contributed by atoms with Gasteiger partial charge < -0.3 is 15.0 Å². The number of nitrogens with two attached hydrogens (primary N) is 1. The first kappa shape index (κ1) is 17.9. The molecule has 1 aliphatic rings. The second-order valence-corrected chi connectivity index (χ2v) is 5.79. The van der Waals surface area contributed by atoms with Crippen LogP contribution in [0.2, 0.25) is 0 Å². The summed E-state index contributed by atoms with van der Waals surface area (Å²) in [5.41, 5.74) is 7.87. The van der Waals surface area contributed by atoms with Crippen LogP contribution in [0.1, 0.15) is 18.6 Å². The molecule has 3 rings (SSSR count). The maximum absolute atomic E-state index is 5.92. The fourth-order valence-corrected chi connectivity index (χ4v) is 3.06. The Labute approximate surface area is 143 Å². The lowest BCUT2D eigenvalue weighted by Crippen LogP contribution is -2.47. The number of hydrogen-bond donors (Lipinski definition) is 1. The van der Waals surface area contributed by atoms with Gasteiger partial charge in [0, 0.05) is 37.9 Å². The third-order valence-corrected chi connectivity index (χ3v) is 4.38. The molecule has 0 amide bonds. The summed E-state index contributed by atoms with van der Waals surface area (Å²) < 4.78 is 11.0. The lowest BCUT2D eigenvalue weighted by atomic mass is 9.99. The summed E-state index contributed by atoms with van der Waals surface area (Å²) in [5, 5.41) is 4.18. The number of likely N-dealkylation sites (tertiary alicyclic amines) is 1. The molecular weight excluding hydrogens is 314 g/mol. The van der Waals surface area contributed by atoms with Crippen molar-refractivity contribution in [2.24, 2.45) is 5.73 Å². The molecule has 6 heteroatoms. The van der Waals surface area contributed by atoms with Gasteiger partial charge >= 0.3 is 0 Å². The van der Waals surface area contributed by atoms with Gasteiger partial charge in [0.25, 0.3) is 0 Å². The maximum Gasteiger partial charge on any atom is 0.151 e. The zero-order valence-corrected chi connectivity index (χ0v) is 14.2. The predicted molar refractivity (Wildman–Crippen MR) is 92.5 cm³/mol. The largest absolute Gasteiger partial charge is 0.381 e. The molecule has 5 nitrogen and oxygen atoms in total. The maximum atomic E-state index is 5.92. The quantitative estimate of drug-likeness (QED) is 0.908. The van der Waals surface area contributed by atoms with E-state index < -0.39 is 0 Å². The molecule has 0 aliphatic carbocycles. The van der Waals surface area contributed by atoms with Crippen LogP contribution in [-0.4, -0.2) is 42.4 Å². The van der Waals surface area contributed by atoms with Gasteiger partial charge in [0.1, 0.15) is 5.69 Å². The normalized spacial score (nSPS) is 21.8. The number of aromatic nitrogens is 1. The molecule has 0 saturated carbocycles. The minimum absolute atomic E-state index is 0. The average molecular weight is 338 g/mol. The summed E-state index contributed by atoms with van der Waals surface area (Å²) in [6, 6.07) is 12.4. The first-order valence-corrected chi connectivity index (χ1v) is 7.78. The zero-order valence-electron chi connectivity index (χ0n) is 13.4. The number of hydrogen-bond acceptors (Lipinski definition) is 5. The lowest BCUT2D eigenvalue weighted by molar-refractivity contribution is 0.00738. The van der Waals surface area contributed by atoms with Crippen LogP contribution < -0.4 is 5.73 Å². The summed E-state index contributed by atoms with van der Waals surface area (Å²) in [4.78, 5) is 2.37. The van der Waals surface area contributed by atoms with Gasteiger partial charge in [-0.3, -0.25) is 4.90 Å². The summed E-state index contributed by atoms with van der Waals surface area (Å²) in [5.74, 6) is 0.883. The van der Waals surface area contributed by atoms with Crippen molar-refractivity contribution >= 4 is 12.4 Å². The van der Waals surface area contributed by atoms with Crippen molar-refractivity contribution in [2.45, 2.75) is 31.5 Å². The van der Waals surface area contributed by atoms with E-state index in [9.17, 15) is 0 Å². The highest BCUT2D eigenvalue weighted by molar-refractivity contribution is 5.85. The molecule has 0 bridgehead atoms. The fourth-order valence-electron chi connectivity index (χ4n) is 3.06. The second-order valence-electron chi connectivity index (χ2n) is 5.79. The van der Waals surface area contributed by atoms with Gasteiger partial charge in [-0.15, -0.1) is 12.4 Å². The van der Waals surface area contributed by atoms with Crippen molar-refractivity contribution in [1.29, 1.82) is 0 Å². The Kier molecular flexibility index (Phi) is 6.59. The number of ether oxygens (including phenoxy) is 1. The smallest absolute Gasteiger partial charge is 0.151 e. The Bertz CT molecular complexity index is 591. The van der Waals surface area contributed by atoms with Crippen LogP contribution in [0.3, 0.4) is 0 Å². The molecule has 1 fully saturated rings. The van der Waals surface area contributed by atoms with E-state index in [1.54, 1.807) is 7.11 Å². The monoisotopic (exact) mass is 337 g/mol. The lowest BCUT2D eigenvalue weighted by Gasteiger charge is -2.37. The highest BCUT2D eigenvalue weighted by Crippen LogP contribution is 2.23. The molecule has 1 aliphatic heterocycles. The van der Waals surface area contributed by atoms with E-state index in [1.165, 1.54) is 0 Å². The van der Waals surface area contributed by atoms with Crippen molar-refractivity contribution in [3.63, 3.8) is 0 Å². The van der Waals surface area contributed by atoms with E-state index in [2.05, 4.69) is 10.1 Å². The van der Waals surface area contributed by atoms with E-state index in [-0.39, 0.29) is 12.4 Å². The van der Waals surface area contributed by atoms with Gasteiger partial charge in [0.05, 0.1) is 12.6 Å². The first-order chi connectivity index (χ1) is 10.8. The topological polar surface area (TPSA) is 64.5 Å². The van der Waals surface area contributed by atoms with Crippen molar-refractivity contribution in [3.8, 4) is 11.3 Å². The molecule has 126 valence electrons. The second kappa shape index (κ2) is 8.45. The Morgan fingerprint density at radius 1 is 1.35 bits per heavy atom. The van der Waals surface area contributed by atoms with Gasteiger partial charge in [-0.2, -0.15) is 0 Å². The van der Waals surface area contributed by atoms with Gasteiger partial charge in [0.15, 0.2) is 5.76 Å². The standard InChI is InChI=1S/C17H23N3O2.ClH/c1-21-15-7-8-20(14(9-15)11-18)12-16-10-17(19-22-16)13-5-3-2-4-6-13;/h2-6,10,14-15H,7-9,11-12,18H2,1H3;1H. The average Bonchev–Trinajstić information content (AvgIpc) is 3.04. The van der Waals surface area contributed by atoms with Crippen LogP contribution in [0, 0.1) is 0 Å². The number of halogens is 1. The minimum Gasteiger partial charge on any atom is -0.381 e. The van der Waals surface area contributed by atoms with E-state index in [4.69, 9.17) is 15.0 Å². The molecule has 2 atom stereocenters. The summed E-state index contributed by atoms with van der Waals surface area (Å²) in [7, 11) is 1.77. The molecule has 0 spiro atoms. The van der Waals surface area contributed by atoms with Gasteiger partial charge in [0.2, 0.25) is 0 Å². The molecule has 2 aromatic rings. The molecule has 2 unspecified atom stereocenters. The van der Waals surface area contributed by atoms with Crippen LogP contribution in [0.15, 0.2) is 40.9 Å². The third kappa shape index (κ3) is 4.32. The van der Waals surface area contributed by atoms with Crippen LogP contribution >= 0.6 is 12.4 Å². The van der Waals surface area contributed by atoms with Crippen molar-refractivity contribution in [3.05, 3.63) is 42.2 Å². The zero-order chi connectivity index (χ0) is 15.4. The van der Waals surface area contributed by atoms with Crippen molar-refractivity contribution in [1.82, 2.24) is 10.1 Å². The Morgan fingerprint density at radius 2 is 2.13 bits per heavy atom. The Hall–Kier alpha value is -1.40. The Balaban J connectivity index is 0.00000192. The summed E-state index contributed by atoms with van der Waals surface area (Å²) in [6.45, 7) is 2.36. The van der Waals surface area contributed by atoms with E-state index >= 15 is 0 Å². The molecule has 23 heavy (non-hydrogen) atoms. The number of benzene rings is 1. The molecule has 2 heterocycles. The molecule has 1 aromatic carbocycles. The van der Waals surface area contributed by atoms with Crippen LogP contribution in [0.25, 0.3) is 11.3 Å². The predicted octanol–water partition coefficient (Wildman–Crippen LogP) is 2.70. The molecule has 2 N–H and O–H groups in total. The van der Waals surface area contributed by atoms with Gasteiger partial charge in [-0.25, -0.2) is 0 Å². The first-order valence-electron chi connectivity index (χ1n) is 7.78. The molecular formula is C17H24ClN3O2. The highest BCUT2D eigenvalue weighted by atomic mass is 35.5. The number of methoxy groups -OCH3 is 1. The van der Waals surface area contributed by atoms with Crippen LogP contribution in [-0.2, 0) is 11.3 Å². The number of rotatable bonds is 5. The summed E-state index contributed by atoms with van der Waals surface area (Å²) in [6.07, 6.45) is 2.33. The van der Waals surface area contributed by atoms with Gasteiger partial charge in [-0.05, 0) is 12.8 Å². The SMILES string of the molecule is COC1CCN(Cc2cc(-c3ccccc3)no2)C(CN)C1.Cl. The fraction of sp³-hybridized carbons (Fsp3) is 0.471. The van der Waals surface area contributed by atoms with Crippen LogP contribution in [0.4, 0.5) is 0 Å². The number of nitrogens with zero attached hydrogens (tertiary/aromatic N) is 2. The third-order valence-electron chi connectivity index (χ3n) is 4.38.